The van der Waals surface area contributed by atoms with Gasteiger partial charge in [0.05, 0.1) is 6.42 Å². The molecule has 0 radical (unpaired) electrons. The van der Waals surface area contributed by atoms with Crippen LogP contribution in [0.2, 0.25) is 0 Å². The van der Waals surface area contributed by atoms with Crippen molar-refractivity contribution in [1.82, 2.24) is 0 Å². The van der Waals surface area contributed by atoms with Gasteiger partial charge in [0.2, 0.25) is 0 Å². The number of carbonyl (C=O) groups excluding carboxylic acids is 2. The molecule has 0 aliphatic carbocycles. The first kappa shape index (κ1) is 29.3. The van der Waals surface area contributed by atoms with E-state index in [1.807, 2.05) is 0 Å². The van der Waals surface area contributed by atoms with Gasteiger partial charge in [0, 0.05) is 18.8 Å². The van der Waals surface area contributed by atoms with Crippen molar-refractivity contribution in [2.45, 2.75) is 115 Å². The zero-order valence-corrected chi connectivity index (χ0v) is 19.3. The lowest BCUT2D eigenvalue weighted by molar-refractivity contribution is -0.324. The maximum absolute atomic E-state index is 11.4. The minimum absolute atomic E-state index is 0.0214. The number of aliphatic hydroxyl groups excluding tert-OH is 1. The third-order valence-corrected chi connectivity index (χ3v) is 5.25. The molecule has 0 aromatic rings. The van der Waals surface area contributed by atoms with Gasteiger partial charge in [-0.3, -0.25) is 0 Å². The van der Waals surface area contributed by atoms with E-state index < -0.39 is 17.9 Å². The van der Waals surface area contributed by atoms with Gasteiger partial charge in [0.1, 0.15) is 0 Å². The highest BCUT2D eigenvalue weighted by Crippen LogP contribution is 2.21. The predicted octanol–water partition coefficient (Wildman–Crippen LogP) is 5.71. The summed E-state index contributed by atoms with van der Waals surface area (Å²) in [6.45, 7) is 6.87. The third-order valence-electron chi connectivity index (χ3n) is 5.25. The summed E-state index contributed by atoms with van der Waals surface area (Å²) in [5.74, 6) is -3.97. The highest BCUT2D eigenvalue weighted by molar-refractivity contribution is 5.83. The van der Waals surface area contributed by atoms with Gasteiger partial charge in [-0.05, 0) is 12.8 Å². The van der Waals surface area contributed by atoms with Crippen molar-refractivity contribution >= 4 is 11.9 Å². The number of rotatable bonds is 22. The first-order valence-electron chi connectivity index (χ1n) is 12.0. The normalized spacial score (nSPS) is 11.2. The van der Waals surface area contributed by atoms with Gasteiger partial charge in [0.25, 0.3) is 0 Å². The van der Waals surface area contributed by atoms with Crippen molar-refractivity contribution in [3.8, 4) is 0 Å². The summed E-state index contributed by atoms with van der Waals surface area (Å²) in [5.41, 5.74) is 0. The largest absolute Gasteiger partial charge is 0.396 e. The Hall–Kier alpha value is -1.66. The Morgan fingerprint density at radius 2 is 0.903 bits per heavy atom. The smallest absolute Gasteiger partial charge is 0.373 e. The van der Waals surface area contributed by atoms with E-state index in [0.717, 1.165) is 44.3 Å². The van der Waals surface area contributed by atoms with Gasteiger partial charge < -0.3 is 19.7 Å². The van der Waals surface area contributed by atoms with E-state index in [2.05, 4.69) is 13.2 Å². The Morgan fingerprint density at radius 3 is 1.19 bits per heavy atom. The highest BCUT2D eigenvalue weighted by atomic mass is 16.8. The van der Waals surface area contributed by atoms with Gasteiger partial charge in [0.15, 0.2) is 0 Å². The molecule has 0 atom stereocenters. The molecule has 0 aromatic carbocycles. The Balaban J connectivity index is 3.61. The molecule has 0 aliphatic rings. The fourth-order valence-electron chi connectivity index (χ4n) is 3.46. The molecule has 0 aliphatic heterocycles. The van der Waals surface area contributed by atoms with E-state index in [-0.39, 0.29) is 6.42 Å². The molecule has 0 saturated carbocycles. The predicted molar refractivity (Wildman–Crippen MR) is 123 cm³/mol. The van der Waals surface area contributed by atoms with Gasteiger partial charge >= 0.3 is 17.9 Å². The highest BCUT2D eigenvalue weighted by Gasteiger charge is 2.34. The van der Waals surface area contributed by atoms with Crippen LogP contribution in [-0.2, 0) is 19.1 Å². The molecule has 0 saturated heterocycles. The van der Waals surface area contributed by atoms with Gasteiger partial charge in [-0.15, -0.1) is 0 Å². The van der Waals surface area contributed by atoms with E-state index in [0.29, 0.717) is 13.0 Å². The molecule has 0 bridgehead atoms. The number of aliphatic hydroxyl groups is 2. The van der Waals surface area contributed by atoms with Crippen molar-refractivity contribution in [1.29, 1.82) is 0 Å². The Morgan fingerprint density at radius 1 is 0.613 bits per heavy atom. The summed E-state index contributed by atoms with van der Waals surface area (Å²) < 4.78 is 9.57. The number of unbranched alkanes of at least 4 members (excludes halogenated alkanes) is 15. The van der Waals surface area contributed by atoms with E-state index in [4.69, 9.17) is 14.6 Å². The number of ether oxygens (including phenoxy) is 2. The number of esters is 2. The molecule has 0 spiro atoms. The molecule has 0 heterocycles. The zero-order valence-electron chi connectivity index (χ0n) is 19.3. The Kier molecular flexibility index (Phi) is 19.2. The molecule has 31 heavy (non-hydrogen) atoms. The molecular formula is C25H44O6. The lowest BCUT2D eigenvalue weighted by Crippen LogP contribution is -2.39. The second-order valence-electron chi connectivity index (χ2n) is 8.09. The molecule has 0 rings (SSSR count). The van der Waals surface area contributed by atoms with Crippen molar-refractivity contribution in [3.05, 3.63) is 25.3 Å². The summed E-state index contributed by atoms with van der Waals surface area (Å²) in [6.07, 6.45) is 20.4. The topological polar surface area (TPSA) is 93.1 Å². The molecule has 0 aromatic heterocycles. The molecular weight excluding hydrogens is 396 g/mol. The van der Waals surface area contributed by atoms with Crippen LogP contribution < -0.4 is 0 Å². The fraction of sp³-hybridized carbons (Fsp3) is 0.760. The SMILES string of the molecule is C=CC(=O)OC(O)(CCCCCCCCCCCCCCCCCCO)OC(=O)C=C. The van der Waals surface area contributed by atoms with Crippen LogP contribution >= 0.6 is 0 Å². The molecule has 6 heteroatoms. The molecule has 0 amide bonds. The summed E-state index contributed by atoms with van der Waals surface area (Å²) in [5, 5.41) is 19.0. The second-order valence-corrected chi connectivity index (χ2v) is 8.09. The second kappa shape index (κ2) is 20.3. The van der Waals surface area contributed by atoms with Gasteiger partial charge in [-0.25, -0.2) is 9.59 Å². The molecule has 2 N–H and O–H groups in total. The summed E-state index contributed by atoms with van der Waals surface area (Å²) in [4.78, 5) is 22.7. The van der Waals surface area contributed by atoms with E-state index in [1.54, 1.807) is 0 Å². The maximum Gasteiger partial charge on any atom is 0.373 e. The summed E-state index contributed by atoms with van der Waals surface area (Å²) in [7, 11) is 0. The standard InChI is InChI=1S/C25H44O6/c1-3-23(27)30-25(29,31-24(28)4-2)21-19-17-15-13-11-9-7-5-6-8-10-12-14-16-18-20-22-26/h3-4,26,29H,1-2,5-22H2. The Labute approximate surface area is 188 Å². The average molecular weight is 441 g/mol. The summed E-state index contributed by atoms with van der Waals surface area (Å²) >= 11 is 0. The number of carbonyl (C=O) groups is 2. The van der Waals surface area contributed by atoms with Crippen LogP contribution in [0.5, 0.6) is 0 Å². The van der Waals surface area contributed by atoms with Crippen LogP contribution in [0.4, 0.5) is 0 Å². The van der Waals surface area contributed by atoms with Crippen LogP contribution in [-0.4, -0.2) is 34.7 Å². The van der Waals surface area contributed by atoms with Crippen molar-refractivity contribution in [2.24, 2.45) is 0 Å². The zero-order chi connectivity index (χ0) is 23.2. The van der Waals surface area contributed by atoms with Crippen molar-refractivity contribution < 1.29 is 29.3 Å². The number of hydrogen-bond donors (Lipinski definition) is 2. The first-order valence-corrected chi connectivity index (χ1v) is 12.0. The van der Waals surface area contributed by atoms with E-state index in [9.17, 15) is 14.7 Å². The lowest BCUT2D eigenvalue weighted by Gasteiger charge is -2.25. The molecule has 6 nitrogen and oxygen atoms in total. The minimum atomic E-state index is -2.27. The van der Waals surface area contributed by atoms with Gasteiger partial charge in [-0.2, -0.15) is 0 Å². The summed E-state index contributed by atoms with van der Waals surface area (Å²) in [6, 6.07) is 0. The van der Waals surface area contributed by atoms with Crippen molar-refractivity contribution in [3.63, 3.8) is 0 Å². The monoisotopic (exact) mass is 440 g/mol. The van der Waals surface area contributed by atoms with Crippen LogP contribution in [0, 0.1) is 0 Å². The molecule has 0 fully saturated rings. The van der Waals surface area contributed by atoms with Crippen molar-refractivity contribution in [2.75, 3.05) is 6.61 Å². The average Bonchev–Trinajstić information content (AvgIpc) is 2.75. The van der Waals surface area contributed by atoms with Gasteiger partial charge in [-0.1, -0.05) is 103 Å². The molecule has 0 unspecified atom stereocenters. The number of hydrogen-bond acceptors (Lipinski definition) is 6. The van der Waals surface area contributed by atoms with Crippen LogP contribution in [0.15, 0.2) is 25.3 Å². The quantitative estimate of drug-likeness (QED) is 0.0968. The Bertz CT molecular complexity index is 466. The van der Waals surface area contributed by atoms with E-state index >= 15 is 0 Å². The minimum Gasteiger partial charge on any atom is -0.396 e. The van der Waals surface area contributed by atoms with E-state index in [1.165, 1.54) is 64.2 Å². The lowest BCUT2D eigenvalue weighted by atomic mass is 10.0. The van der Waals surface area contributed by atoms with Crippen LogP contribution in [0.1, 0.15) is 109 Å². The fourth-order valence-corrected chi connectivity index (χ4v) is 3.46. The maximum atomic E-state index is 11.4. The van der Waals surface area contributed by atoms with Crippen LogP contribution in [0.3, 0.4) is 0 Å². The first-order chi connectivity index (χ1) is 15.0. The van der Waals surface area contributed by atoms with Crippen LogP contribution in [0.25, 0.3) is 0 Å². The third kappa shape index (κ3) is 18.8. The molecule has 180 valence electrons.